The molecule has 3 heteroatoms. The first kappa shape index (κ1) is 13.8. The maximum absolute atomic E-state index is 13.6. The van der Waals surface area contributed by atoms with Gasteiger partial charge in [0.2, 0.25) is 0 Å². The normalized spacial score (nSPS) is 18.2. The molecule has 0 saturated heterocycles. The van der Waals surface area contributed by atoms with Crippen molar-refractivity contribution in [2.45, 2.75) is 45.6 Å². The number of halogens is 2. The Hall–Kier alpha value is -0.600. The molecule has 1 aromatic carbocycles. The summed E-state index contributed by atoms with van der Waals surface area (Å²) in [6, 6.07) is 4.88. The predicted molar refractivity (Wildman–Crippen MR) is 74.3 cm³/mol. The van der Waals surface area contributed by atoms with Crippen molar-refractivity contribution in [2.24, 2.45) is 5.41 Å². The smallest absolute Gasteiger partial charge is 0.129 e. The quantitative estimate of drug-likeness (QED) is 0.828. The predicted octanol–water partition coefficient (Wildman–Crippen LogP) is 4.54. The van der Waals surface area contributed by atoms with Gasteiger partial charge in [0.05, 0.1) is 0 Å². The van der Waals surface area contributed by atoms with Crippen LogP contribution in [0.25, 0.3) is 0 Å². The van der Waals surface area contributed by atoms with Gasteiger partial charge in [0, 0.05) is 23.7 Å². The summed E-state index contributed by atoms with van der Waals surface area (Å²) in [5.74, 6) is -0.216. The molecule has 0 aliphatic heterocycles. The lowest BCUT2D eigenvalue weighted by Crippen LogP contribution is -2.31. The Labute approximate surface area is 114 Å². The van der Waals surface area contributed by atoms with Crippen LogP contribution in [0.1, 0.15) is 44.6 Å². The number of rotatable bonds is 5. The van der Waals surface area contributed by atoms with Gasteiger partial charge in [-0.2, -0.15) is 0 Å². The van der Waals surface area contributed by atoms with Gasteiger partial charge in [-0.25, -0.2) is 4.39 Å². The highest BCUT2D eigenvalue weighted by Gasteiger charge is 2.31. The van der Waals surface area contributed by atoms with E-state index in [9.17, 15) is 4.39 Å². The van der Waals surface area contributed by atoms with Gasteiger partial charge in [0.15, 0.2) is 0 Å². The summed E-state index contributed by atoms with van der Waals surface area (Å²) in [7, 11) is 0. The molecule has 0 radical (unpaired) electrons. The largest absolute Gasteiger partial charge is 0.312 e. The van der Waals surface area contributed by atoms with Crippen LogP contribution < -0.4 is 5.32 Å². The fourth-order valence-corrected chi connectivity index (χ4v) is 3.07. The fourth-order valence-electron chi connectivity index (χ4n) is 2.91. The molecule has 100 valence electrons. The molecular weight excluding hydrogens is 249 g/mol. The summed E-state index contributed by atoms with van der Waals surface area (Å²) in [6.07, 6.45) is 6.50. The van der Waals surface area contributed by atoms with Gasteiger partial charge < -0.3 is 5.32 Å². The summed E-state index contributed by atoms with van der Waals surface area (Å²) in [5, 5.41) is 3.87. The zero-order chi connectivity index (χ0) is 13.0. The molecule has 0 atom stereocenters. The van der Waals surface area contributed by atoms with Crippen LogP contribution in [0.3, 0.4) is 0 Å². The standard InChI is InChI=1S/C15H21ClFN/c1-2-15(7-3-4-8-15)11-18-10-12-5-6-13(16)9-14(12)17/h5-6,9,18H,2-4,7-8,10-11H2,1H3. The van der Waals surface area contributed by atoms with E-state index in [1.54, 1.807) is 12.1 Å². The lowest BCUT2D eigenvalue weighted by atomic mass is 9.83. The molecule has 1 fully saturated rings. The maximum atomic E-state index is 13.6. The van der Waals surface area contributed by atoms with Crippen LogP contribution in [0.4, 0.5) is 4.39 Å². The van der Waals surface area contributed by atoms with Crippen LogP contribution in [0, 0.1) is 11.2 Å². The molecule has 0 bridgehead atoms. The zero-order valence-electron chi connectivity index (χ0n) is 10.9. The first-order chi connectivity index (χ1) is 8.65. The molecule has 1 aliphatic rings. The molecule has 2 rings (SSSR count). The molecule has 0 aromatic heterocycles. The maximum Gasteiger partial charge on any atom is 0.129 e. The molecule has 0 amide bonds. The van der Waals surface area contributed by atoms with Crippen LogP contribution in [-0.4, -0.2) is 6.54 Å². The second-order valence-corrected chi connectivity index (χ2v) is 5.84. The van der Waals surface area contributed by atoms with Gasteiger partial charge in [0.25, 0.3) is 0 Å². The third-order valence-electron chi connectivity index (χ3n) is 4.24. The summed E-state index contributed by atoms with van der Waals surface area (Å²) >= 11 is 5.74. The van der Waals surface area contributed by atoms with Crippen molar-refractivity contribution in [1.29, 1.82) is 0 Å². The third kappa shape index (κ3) is 3.24. The highest BCUT2D eigenvalue weighted by atomic mass is 35.5. The Kier molecular flexibility index (Phi) is 4.63. The van der Waals surface area contributed by atoms with Gasteiger partial charge in [-0.15, -0.1) is 0 Å². The Bertz CT molecular complexity index is 399. The SMILES string of the molecule is CCC1(CNCc2ccc(Cl)cc2F)CCCC1. The van der Waals surface area contributed by atoms with Gasteiger partial charge in [-0.05, 0) is 36.8 Å². The monoisotopic (exact) mass is 269 g/mol. The van der Waals surface area contributed by atoms with E-state index in [4.69, 9.17) is 11.6 Å². The highest BCUT2D eigenvalue weighted by molar-refractivity contribution is 6.30. The molecule has 1 N–H and O–H groups in total. The van der Waals surface area contributed by atoms with Crippen LogP contribution >= 0.6 is 11.6 Å². The summed E-state index contributed by atoms with van der Waals surface area (Å²) in [5.41, 5.74) is 1.15. The lowest BCUT2D eigenvalue weighted by Gasteiger charge is -2.27. The number of hydrogen-bond donors (Lipinski definition) is 1. The van der Waals surface area contributed by atoms with E-state index in [1.807, 2.05) is 0 Å². The Morgan fingerprint density at radius 1 is 1.33 bits per heavy atom. The molecular formula is C15H21ClFN. The Morgan fingerprint density at radius 2 is 2.06 bits per heavy atom. The van der Waals surface area contributed by atoms with E-state index in [0.29, 0.717) is 22.5 Å². The van der Waals surface area contributed by atoms with Crippen molar-refractivity contribution in [3.63, 3.8) is 0 Å². The van der Waals surface area contributed by atoms with E-state index >= 15 is 0 Å². The number of benzene rings is 1. The van der Waals surface area contributed by atoms with Crippen molar-refractivity contribution in [3.8, 4) is 0 Å². The molecule has 18 heavy (non-hydrogen) atoms. The second-order valence-electron chi connectivity index (χ2n) is 5.40. The molecule has 0 heterocycles. The third-order valence-corrected chi connectivity index (χ3v) is 4.48. The number of hydrogen-bond acceptors (Lipinski definition) is 1. The Balaban J connectivity index is 1.88. The van der Waals surface area contributed by atoms with E-state index in [0.717, 1.165) is 6.54 Å². The fraction of sp³-hybridized carbons (Fsp3) is 0.600. The van der Waals surface area contributed by atoms with E-state index in [1.165, 1.54) is 38.2 Å². The van der Waals surface area contributed by atoms with Gasteiger partial charge in [-0.3, -0.25) is 0 Å². The van der Waals surface area contributed by atoms with Gasteiger partial charge >= 0.3 is 0 Å². The summed E-state index contributed by atoms with van der Waals surface area (Å²) in [6.45, 7) is 3.84. The van der Waals surface area contributed by atoms with Crippen LogP contribution in [-0.2, 0) is 6.54 Å². The zero-order valence-corrected chi connectivity index (χ0v) is 11.7. The minimum Gasteiger partial charge on any atom is -0.312 e. The van der Waals surface area contributed by atoms with Crippen LogP contribution in [0.5, 0.6) is 0 Å². The summed E-state index contributed by atoms with van der Waals surface area (Å²) < 4.78 is 13.6. The Morgan fingerprint density at radius 3 is 2.67 bits per heavy atom. The highest BCUT2D eigenvalue weighted by Crippen LogP contribution is 2.40. The average Bonchev–Trinajstić information content (AvgIpc) is 2.81. The van der Waals surface area contributed by atoms with Gasteiger partial charge in [0.1, 0.15) is 5.82 Å². The summed E-state index contributed by atoms with van der Waals surface area (Å²) in [4.78, 5) is 0. The topological polar surface area (TPSA) is 12.0 Å². The van der Waals surface area contributed by atoms with E-state index in [-0.39, 0.29) is 5.82 Å². The minimum atomic E-state index is -0.216. The first-order valence-electron chi connectivity index (χ1n) is 6.80. The molecule has 1 saturated carbocycles. The second kappa shape index (κ2) is 6.03. The van der Waals surface area contributed by atoms with Crippen molar-refractivity contribution in [1.82, 2.24) is 5.32 Å². The van der Waals surface area contributed by atoms with Crippen molar-refractivity contribution in [3.05, 3.63) is 34.6 Å². The molecule has 1 aromatic rings. The van der Waals surface area contributed by atoms with Crippen molar-refractivity contribution >= 4 is 11.6 Å². The molecule has 0 spiro atoms. The molecule has 1 nitrogen and oxygen atoms in total. The number of nitrogens with one attached hydrogen (secondary N) is 1. The molecule has 1 aliphatic carbocycles. The van der Waals surface area contributed by atoms with Crippen LogP contribution in [0.15, 0.2) is 18.2 Å². The van der Waals surface area contributed by atoms with Crippen LogP contribution in [0.2, 0.25) is 5.02 Å². The van der Waals surface area contributed by atoms with Gasteiger partial charge in [-0.1, -0.05) is 37.4 Å². The van der Waals surface area contributed by atoms with E-state index in [2.05, 4.69) is 12.2 Å². The molecule has 0 unspecified atom stereocenters. The van der Waals surface area contributed by atoms with Crippen molar-refractivity contribution < 1.29 is 4.39 Å². The lowest BCUT2D eigenvalue weighted by molar-refractivity contribution is 0.267. The minimum absolute atomic E-state index is 0.216. The first-order valence-corrected chi connectivity index (χ1v) is 7.18. The van der Waals surface area contributed by atoms with E-state index < -0.39 is 0 Å². The van der Waals surface area contributed by atoms with Crippen molar-refractivity contribution in [2.75, 3.05) is 6.54 Å². The average molecular weight is 270 g/mol.